The van der Waals surface area contributed by atoms with Crippen LogP contribution in [-0.4, -0.2) is 28.0 Å². The van der Waals surface area contributed by atoms with E-state index in [0.29, 0.717) is 6.54 Å². The summed E-state index contributed by atoms with van der Waals surface area (Å²) in [6, 6.07) is 13.7. The SMILES string of the molecule is Cl.Cl.NCCc1cccc(CN2CCCCC2c2nc3ccc(F)cc3[nH]2)c1. The second-order valence-corrected chi connectivity index (χ2v) is 7.12. The number of hydrogen-bond acceptors (Lipinski definition) is 3. The number of halogens is 3. The molecule has 1 aromatic heterocycles. The van der Waals surface area contributed by atoms with Gasteiger partial charge in [-0.2, -0.15) is 0 Å². The van der Waals surface area contributed by atoms with E-state index in [1.165, 1.54) is 36.1 Å². The highest BCUT2D eigenvalue weighted by atomic mass is 35.5. The zero-order valence-corrected chi connectivity index (χ0v) is 17.4. The van der Waals surface area contributed by atoms with E-state index in [1.807, 2.05) is 0 Å². The lowest BCUT2D eigenvalue weighted by atomic mass is 10.00. The van der Waals surface area contributed by atoms with Crippen molar-refractivity contribution in [3.8, 4) is 0 Å². The molecule has 1 aliphatic heterocycles. The van der Waals surface area contributed by atoms with Crippen LogP contribution in [0.15, 0.2) is 42.5 Å². The molecule has 2 aromatic carbocycles. The lowest BCUT2D eigenvalue weighted by molar-refractivity contribution is 0.134. The fourth-order valence-corrected chi connectivity index (χ4v) is 3.93. The van der Waals surface area contributed by atoms with Crippen LogP contribution in [0.1, 0.15) is 42.3 Å². The number of nitrogens with two attached hydrogens (primary N) is 1. The van der Waals surface area contributed by atoms with Crippen molar-refractivity contribution < 1.29 is 4.39 Å². The molecule has 7 heteroatoms. The van der Waals surface area contributed by atoms with Gasteiger partial charge >= 0.3 is 0 Å². The molecule has 1 unspecified atom stereocenters. The summed E-state index contributed by atoms with van der Waals surface area (Å²) in [6.45, 7) is 2.62. The molecule has 152 valence electrons. The second-order valence-electron chi connectivity index (χ2n) is 7.12. The maximum atomic E-state index is 13.5. The van der Waals surface area contributed by atoms with Gasteiger partial charge in [-0.15, -0.1) is 24.8 Å². The second kappa shape index (κ2) is 10.2. The third-order valence-corrected chi connectivity index (χ3v) is 5.20. The number of piperidine rings is 1. The minimum atomic E-state index is -0.232. The Morgan fingerprint density at radius 2 is 1.93 bits per heavy atom. The number of fused-ring (bicyclic) bond motifs is 1. The maximum Gasteiger partial charge on any atom is 0.125 e. The molecule has 4 nitrogen and oxygen atoms in total. The molecule has 3 N–H and O–H groups in total. The summed E-state index contributed by atoms with van der Waals surface area (Å²) in [4.78, 5) is 10.6. The van der Waals surface area contributed by atoms with Crippen molar-refractivity contribution in [1.29, 1.82) is 0 Å². The summed E-state index contributed by atoms with van der Waals surface area (Å²) in [5.74, 6) is 0.716. The van der Waals surface area contributed by atoms with E-state index >= 15 is 0 Å². The first-order valence-corrected chi connectivity index (χ1v) is 9.40. The van der Waals surface area contributed by atoms with Crippen LogP contribution < -0.4 is 5.73 Å². The molecule has 0 saturated carbocycles. The van der Waals surface area contributed by atoms with Crippen LogP contribution >= 0.6 is 24.8 Å². The topological polar surface area (TPSA) is 57.9 Å². The first-order valence-electron chi connectivity index (χ1n) is 9.40. The third-order valence-electron chi connectivity index (χ3n) is 5.20. The molecule has 0 spiro atoms. The van der Waals surface area contributed by atoms with E-state index in [-0.39, 0.29) is 36.7 Å². The highest BCUT2D eigenvalue weighted by Crippen LogP contribution is 2.32. The molecule has 3 aromatic rings. The normalized spacial score (nSPS) is 17.1. The van der Waals surface area contributed by atoms with Gasteiger partial charge in [0.2, 0.25) is 0 Å². The van der Waals surface area contributed by atoms with Gasteiger partial charge in [0.15, 0.2) is 0 Å². The van der Waals surface area contributed by atoms with Crippen molar-refractivity contribution in [3.05, 3.63) is 65.2 Å². The number of H-pyrrole nitrogens is 1. The molecular weight excluding hydrogens is 398 g/mol. The van der Waals surface area contributed by atoms with E-state index in [2.05, 4.69) is 34.1 Å². The van der Waals surface area contributed by atoms with Gasteiger partial charge < -0.3 is 10.7 Å². The van der Waals surface area contributed by atoms with Gasteiger partial charge in [-0.25, -0.2) is 9.37 Å². The van der Waals surface area contributed by atoms with Crippen molar-refractivity contribution in [2.24, 2.45) is 5.73 Å². The van der Waals surface area contributed by atoms with Crippen LogP contribution in [0.3, 0.4) is 0 Å². The summed E-state index contributed by atoms with van der Waals surface area (Å²) in [7, 11) is 0. The van der Waals surface area contributed by atoms with Crippen molar-refractivity contribution in [2.75, 3.05) is 13.1 Å². The summed E-state index contributed by atoms with van der Waals surface area (Å²) < 4.78 is 13.5. The van der Waals surface area contributed by atoms with Gasteiger partial charge in [0, 0.05) is 6.54 Å². The molecule has 1 fully saturated rings. The molecule has 1 saturated heterocycles. The molecule has 0 radical (unpaired) electrons. The van der Waals surface area contributed by atoms with E-state index in [9.17, 15) is 4.39 Å². The fourth-order valence-electron chi connectivity index (χ4n) is 3.93. The lowest BCUT2D eigenvalue weighted by Crippen LogP contribution is -2.33. The molecule has 0 aliphatic carbocycles. The van der Waals surface area contributed by atoms with E-state index in [0.717, 1.165) is 42.8 Å². The Morgan fingerprint density at radius 1 is 1.11 bits per heavy atom. The molecule has 28 heavy (non-hydrogen) atoms. The van der Waals surface area contributed by atoms with Crippen LogP contribution in [0.25, 0.3) is 11.0 Å². The summed E-state index contributed by atoms with van der Waals surface area (Å²) in [5.41, 5.74) is 9.89. The summed E-state index contributed by atoms with van der Waals surface area (Å²) in [5, 5.41) is 0. The molecule has 1 aliphatic rings. The predicted octanol–water partition coefficient (Wildman–Crippen LogP) is 4.77. The monoisotopic (exact) mass is 424 g/mol. The number of imidazole rings is 1. The summed E-state index contributed by atoms with van der Waals surface area (Å²) in [6.07, 6.45) is 4.38. The number of nitrogens with one attached hydrogen (secondary N) is 1. The van der Waals surface area contributed by atoms with E-state index in [1.54, 1.807) is 6.07 Å². The van der Waals surface area contributed by atoms with Crippen molar-refractivity contribution >= 4 is 35.8 Å². The standard InChI is InChI=1S/C21H25FN4.2ClH/c22-17-7-8-18-19(13-17)25-21(24-18)20-6-1-2-11-26(20)14-16-5-3-4-15(12-16)9-10-23;;/h3-5,7-8,12-13,20H,1-2,6,9-11,14,23H2,(H,24,25);2*1H. The Bertz CT molecular complexity index is 899. The van der Waals surface area contributed by atoms with Gasteiger partial charge in [0.1, 0.15) is 11.6 Å². The highest BCUT2D eigenvalue weighted by molar-refractivity contribution is 5.85. The number of benzene rings is 2. The molecule has 0 amide bonds. The van der Waals surface area contributed by atoms with Gasteiger partial charge in [0.05, 0.1) is 17.1 Å². The average Bonchev–Trinajstić information content (AvgIpc) is 3.06. The lowest BCUT2D eigenvalue weighted by Gasteiger charge is -2.34. The Hall–Kier alpha value is -1.66. The number of aromatic amines is 1. The highest BCUT2D eigenvalue weighted by Gasteiger charge is 2.26. The predicted molar refractivity (Wildman–Crippen MR) is 117 cm³/mol. The van der Waals surface area contributed by atoms with E-state index in [4.69, 9.17) is 10.7 Å². The number of aromatic nitrogens is 2. The first-order chi connectivity index (χ1) is 12.7. The molecule has 1 atom stereocenters. The first kappa shape index (κ1) is 22.6. The Morgan fingerprint density at radius 3 is 2.75 bits per heavy atom. The third kappa shape index (κ3) is 5.03. The van der Waals surface area contributed by atoms with Gasteiger partial charge in [-0.05, 0) is 61.7 Å². The Labute approximate surface area is 177 Å². The summed E-state index contributed by atoms with van der Waals surface area (Å²) >= 11 is 0. The minimum absolute atomic E-state index is 0. The number of nitrogens with zero attached hydrogens (tertiary/aromatic N) is 2. The zero-order valence-electron chi connectivity index (χ0n) is 15.7. The smallest absolute Gasteiger partial charge is 0.125 e. The minimum Gasteiger partial charge on any atom is -0.341 e. The van der Waals surface area contributed by atoms with Crippen molar-refractivity contribution in [3.63, 3.8) is 0 Å². The number of hydrogen-bond donors (Lipinski definition) is 2. The molecular formula is C21H27Cl2FN4. The van der Waals surface area contributed by atoms with Gasteiger partial charge in [-0.1, -0.05) is 30.7 Å². The van der Waals surface area contributed by atoms with Crippen LogP contribution in [-0.2, 0) is 13.0 Å². The Balaban J connectivity index is 0.00000140. The fraction of sp³-hybridized carbons (Fsp3) is 0.381. The zero-order chi connectivity index (χ0) is 17.9. The largest absolute Gasteiger partial charge is 0.341 e. The van der Waals surface area contributed by atoms with Gasteiger partial charge in [0.25, 0.3) is 0 Å². The maximum absolute atomic E-state index is 13.5. The van der Waals surface area contributed by atoms with E-state index < -0.39 is 0 Å². The van der Waals surface area contributed by atoms with Crippen LogP contribution in [0.4, 0.5) is 4.39 Å². The average molecular weight is 425 g/mol. The van der Waals surface area contributed by atoms with Crippen LogP contribution in [0.2, 0.25) is 0 Å². The number of rotatable bonds is 5. The molecule has 4 rings (SSSR count). The van der Waals surface area contributed by atoms with Gasteiger partial charge in [-0.3, -0.25) is 4.90 Å². The quantitative estimate of drug-likeness (QED) is 0.619. The molecule has 0 bridgehead atoms. The Kier molecular flexibility index (Phi) is 8.25. The van der Waals surface area contributed by atoms with Crippen LogP contribution in [0, 0.1) is 5.82 Å². The number of likely N-dealkylation sites (tertiary alicyclic amines) is 1. The van der Waals surface area contributed by atoms with Crippen molar-refractivity contribution in [1.82, 2.24) is 14.9 Å². The van der Waals surface area contributed by atoms with Crippen molar-refractivity contribution in [2.45, 2.75) is 38.3 Å². The van der Waals surface area contributed by atoms with Crippen LogP contribution in [0.5, 0.6) is 0 Å². The molecule has 2 heterocycles.